The molecule has 0 aromatic heterocycles. The zero-order valence-corrected chi connectivity index (χ0v) is 20.1. The van der Waals surface area contributed by atoms with Crippen LogP contribution in [0.4, 0.5) is 4.79 Å². The molecule has 2 atom stereocenters. The number of nitrogens with one attached hydrogen (secondary N) is 1. The van der Waals surface area contributed by atoms with E-state index in [0.717, 1.165) is 22.3 Å². The highest BCUT2D eigenvalue weighted by Gasteiger charge is 2.35. The summed E-state index contributed by atoms with van der Waals surface area (Å²) in [4.78, 5) is 38.6. The predicted molar refractivity (Wildman–Crippen MR) is 130 cm³/mol. The number of ether oxygens (including phenoxy) is 2. The molecule has 0 radical (unpaired) electrons. The number of hydrogen-bond acceptors (Lipinski definition) is 5. The van der Waals surface area contributed by atoms with E-state index in [-0.39, 0.29) is 30.8 Å². The Bertz CT molecular complexity index is 1030. The first-order valence-corrected chi connectivity index (χ1v) is 12.0. The molecule has 1 fully saturated rings. The Balaban J connectivity index is 1.38. The van der Waals surface area contributed by atoms with Crippen LogP contribution in [0.3, 0.4) is 0 Å². The molecule has 1 heterocycles. The van der Waals surface area contributed by atoms with Crippen molar-refractivity contribution in [3.8, 4) is 11.1 Å². The monoisotopic (exact) mass is 480 g/mol. The Morgan fingerprint density at radius 3 is 2.14 bits per heavy atom. The number of amides is 2. The number of methoxy groups -OCH3 is 1. The summed E-state index contributed by atoms with van der Waals surface area (Å²) in [6.45, 7) is 2.79. The van der Waals surface area contributed by atoms with E-state index in [0.29, 0.717) is 25.9 Å². The van der Waals surface area contributed by atoms with E-state index >= 15 is 0 Å². The van der Waals surface area contributed by atoms with Gasteiger partial charge in [-0.05, 0) is 47.9 Å². The number of carbonyl (C=O) groups is 3. The summed E-state index contributed by atoms with van der Waals surface area (Å²) in [5, 5.41) is 11.7. The Labute approximate surface area is 205 Å². The van der Waals surface area contributed by atoms with Crippen molar-refractivity contribution in [2.24, 2.45) is 5.92 Å². The highest BCUT2D eigenvalue weighted by molar-refractivity contribution is 5.86. The molecule has 8 heteroatoms. The number of benzene rings is 2. The van der Waals surface area contributed by atoms with Crippen molar-refractivity contribution in [1.82, 2.24) is 10.2 Å². The smallest absolute Gasteiger partial charge is 0.407 e. The average molecular weight is 481 g/mol. The second-order valence-electron chi connectivity index (χ2n) is 9.25. The average Bonchev–Trinajstić information content (AvgIpc) is 3.19. The lowest BCUT2D eigenvalue weighted by molar-refractivity contribution is -0.139. The van der Waals surface area contributed by atoms with E-state index in [1.54, 1.807) is 11.8 Å². The van der Waals surface area contributed by atoms with Crippen LogP contribution >= 0.6 is 0 Å². The summed E-state index contributed by atoms with van der Waals surface area (Å²) in [6, 6.07) is 15.3. The number of likely N-dealkylation sites (tertiary alicyclic amines) is 1. The van der Waals surface area contributed by atoms with E-state index in [1.807, 2.05) is 24.3 Å². The van der Waals surface area contributed by atoms with Crippen LogP contribution in [0.2, 0.25) is 0 Å². The summed E-state index contributed by atoms with van der Waals surface area (Å²) >= 11 is 0. The van der Waals surface area contributed by atoms with Crippen LogP contribution in [0.15, 0.2) is 48.5 Å². The molecule has 1 aliphatic carbocycles. The number of nitrogens with zero attached hydrogens (tertiary/aromatic N) is 1. The molecule has 2 amide bonds. The first-order chi connectivity index (χ1) is 16.9. The van der Waals surface area contributed by atoms with E-state index in [1.165, 1.54) is 7.11 Å². The molecule has 2 aromatic carbocycles. The first kappa shape index (κ1) is 24.7. The molecule has 2 aromatic rings. The van der Waals surface area contributed by atoms with Gasteiger partial charge in [0.05, 0.1) is 6.10 Å². The van der Waals surface area contributed by atoms with Gasteiger partial charge in [0.25, 0.3) is 0 Å². The topological polar surface area (TPSA) is 105 Å². The standard InChI is InChI=1S/C27H32N2O6/c1-17(34-2)25(26(32)29-13-11-18(12-14-29)15-24(30)31)28-27(33)35-16-23-21-9-5-3-7-19(21)20-8-4-6-10-22(20)23/h3-10,17-18,23,25H,11-16H2,1-2H3,(H,28,33)(H,30,31)/t17-,25+/m1/s1. The number of rotatable bonds is 8. The minimum atomic E-state index is -0.897. The Kier molecular flexibility index (Phi) is 7.70. The fourth-order valence-corrected chi connectivity index (χ4v) is 5.08. The highest BCUT2D eigenvalue weighted by atomic mass is 16.5. The number of carboxylic acids is 1. The van der Waals surface area contributed by atoms with E-state index in [9.17, 15) is 14.4 Å². The summed E-state index contributed by atoms with van der Waals surface area (Å²) in [7, 11) is 1.49. The third kappa shape index (κ3) is 5.48. The van der Waals surface area contributed by atoms with Crippen molar-refractivity contribution in [3.05, 3.63) is 59.7 Å². The van der Waals surface area contributed by atoms with Gasteiger partial charge in [0, 0.05) is 32.5 Å². The van der Waals surface area contributed by atoms with Gasteiger partial charge in [0.2, 0.25) is 5.91 Å². The number of alkyl carbamates (subject to hydrolysis) is 1. The largest absolute Gasteiger partial charge is 0.481 e. The molecule has 0 unspecified atom stereocenters. The van der Waals surface area contributed by atoms with Crippen molar-refractivity contribution < 1.29 is 29.0 Å². The Morgan fingerprint density at radius 1 is 1.03 bits per heavy atom. The van der Waals surface area contributed by atoms with Crippen LogP contribution in [-0.2, 0) is 19.1 Å². The van der Waals surface area contributed by atoms with Gasteiger partial charge in [-0.15, -0.1) is 0 Å². The third-order valence-corrected chi connectivity index (χ3v) is 7.11. The van der Waals surface area contributed by atoms with Crippen LogP contribution in [-0.4, -0.2) is 66.9 Å². The van der Waals surface area contributed by atoms with Gasteiger partial charge in [-0.1, -0.05) is 48.5 Å². The first-order valence-electron chi connectivity index (χ1n) is 12.0. The lowest BCUT2D eigenvalue weighted by Gasteiger charge is -2.35. The van der Waals surface area contributed by atoms with Crippen LogP contribution in [0.5, 0.6) is 0 Å². The van der Waals surface area contributed by atoms with Gasteiger partial charge in [-0.3, -0.25) is 9.59 Å². The van der Waals surface area contributed by atoms with Crippen molar-refractivity contribution >= 4 is 18.0 Å². The second kappa shape index (κ2) is 10.9. The SMILES string of the molecule is CO[C@H](C)[C@H](NC(=O)OCC1c2ccccc2-c2ccccc21)C(=O)N1CCC(CC(=O)O)CC1. The Hall–Kier alpha value is -3.39. The van der Waals surface area contributed by atoms with Crippen molar-refractivity contribution in [3.63, 3.8) is 0 Å². The maximum absolute atomic E-state index is 13.2. The predicted octanol–water partition coefficient (Wildman–Crippen LogP) is 3.64. The number of carbonyl (C=O) groups excluding carboxylic acids is 2. The third-order valence-electron chi connectivity index (χ3n) is 7.11. The zero-order chi connectivity index (χ0) is 24.9. The minimum absolute atomic E-state index is 0.0601. The zero-order valence-electron chi connectivity index (χ0n) is 20.1. The molecule has 4 rings (SSSR count). The quantitative estimate of drug-likeness (QED) is 0.598. The lowest BCUT2D eigenvalue weighted by atomic mass is 9.93. The van der Waals surface area contributed by atoms with Gasteiger partial charge in [-0.2, -0.15) is 0 Å². The molecule has 186 valence electrons. The second-order valence-corrected chi connectivity index (χ2v) is 9.25. The van der Waals surface area contributed by atoms with Gasteiger partial charge in [-0.25, -0.2) is 4.79 Å². The van der Waals surface area contributed by atoms with Gasteiger partial charge >= 0.3 is 12.1 Å². The highest BCUT2D eigenvalue weighted by Crippen LogP contribution is 2.44. The van der Waals surface area contributed by atoms with Gasteiger partial charge in [0.1, 0.15) is 12.6 Å². The van der Waals surface area contributed by atoms with Gasteiger partial charge in [0.15, 0.2) is 0 Å². The molecule has 2 aliphatic rings. The normalized spacial score (nSPS) is 17.3. The lowest BCUT2D eigenvalue weighted by Crippen LogP contribution is -2.55. The molecule has 1 aliphatic heterocycles. The van der Waals surface area contributed by atoms with Crippen LogP contribution < -0.4 is 5.32 Å². The van der Waals surface area contributed by atoms with E-state index in [2.05, 4.69) is 29.6 Å². The van der Waals surface area contributed by atoms with Crippen LogP contribution in [0.1, 0.15) is 43.2 Å². The van der Waals surface area contributed by atoms with Crippen LogP contribution in [0, 0.1) is 5.92 Å². The van der Waals surface area contributed by atoms with Crippen molar-refractivity contribution in [1.29, 1.82) is 0 Å². The molecular formula is C27H32N2O6. The fourth-order valence-electron chi connectivity index (χ4n) is 5.08. The number of aliphatic carboxylic acids is 1. The maximum Gasteiger partial charge on any atom is 0.407 e. The Morgan fingerprint density at radius 2 is 1.60 bits per heavy atom. The minimum Gasteiger partial charge on any atom is -0.481 e. The van der Waals surface area contributed by atoms with E-state index < -0.39 is 24.2 Å². The maximum atomic E-state index is 13.2. The summed E-state index contributed by atoms with van der Waals surface area (Å²) in [6.07, 6.45) is 0.126. The van der Waals surface area contributed by atoms with Crippen LogP contribution in [0.25, 0.3) is 11.1 Å². The molecule has 0 bridgehead atoms. The molecule has 0 saturated carbocycles. The molecule has 1 saturated heterocycles. The van der Waals surface area contributed by atoms with E-state index in [4.69, 9.17) is 14.6 Å². The molecule has 35 heavy (non-hydrogen) atoms. The van der Waals surface area contributed by atoms with Gasteiger partial charge < -0.3 is 24.8 Å². The van der Waals surface area contributed by atoms with Crippen molar-refractivity contribution in [2.45, 2.75) is 44.2 Å². The number of carboxylic acid groups (broad SMARTS) is 1. The van der Waals surface area contributed by atoms with Crippen molar-refractivity contribution in [2.75, 3.05) is 26.8 Å². The fraction of sp³-hybridized carbons (Fsp3) is 0.444. The summed E-state index contributed by atoms with van der Waals surface area (Å²) in [5.41, 5.74) is 4.51. The number of piperidine rings is 1. The summed E-state index contributed by atoms with van der Waals surface area (Å²) in [5.74, 6) is -1.08. The number of fused-ring (bicyclic) bond motifs is 3. The number of hydrogen-bond donors (Lipinski definition) is 2. The molecule has 2 N–H and O–H groups in total. The summed E-state index contributed by atoms with van der Waals surface area (Å²) < 4.78 is 11.0. The molecular weight excluding hydrogens is 448 g/mol. The molecule has 0 spiro atoms. The molecule has 8 nitrogen and oxygen atoms in total.